The number of carbonyl (C=O) groups is 2. The topological polar surface area (TPSA) is 49.4 Å². The minimum absolute atomic E-state index is 0.0231. The Morgan fingerprint density at radius 3 is 2.86 bits per heavy atom. The molecule has 1 aliphatic heterocycles. The second-order valence-corrected chi connectivity index (χ2v) is 3.53. The van der Waals surface area contributed by atoms with E-state index in [1.165, 1.54) is 0 Å². The molecule has 0 aromatic carbocycles. The molecule has 0 saturated carbocycles. The molecule has 0 radical (unpaired) electrons. The van der Waals surface area contributed by atoms with Crippen molar-refractivity contribution in [2.45, 2.75) is 19.4 Å². The van der Waals surface area contributed by atoms with Crippen LogP contribution in [-0.4, -0.2) is 48.1 Å². The molecule has 0 bridgehead atoms. The molecule has 1 amide bonds. The van der Waals surface area contributed by atoms with E-state index in [0.29, 0.717) is 19.5 Å². The zero-order valence-corrected chi connectivity index (χ0v) is 9.01. The van der Waals surface area contributed by atoms with Crippen molar-refractivity contribution in [1.29, 1.82) is 0 Å². The van der Waals surface area contributed by atoms with E-state index in [9.17, 15) is 9.59 Å². The highest BCUT2D eigenvalue weighted by Gasteiger charge is 2.30. The second kappa shape index (κ2) is 5.32. The van der Waals surface area contributed by atoms with E-state index < -0.39 is 0 Å². The predicted molar refractivity (Wildman–Crippen MR) is 54.4 cm³/mol. The van der Waals surface area contributed by atoms with Crippen LogP contribution in [0.15, 0.2) is 0 Å². The monoisotopic (exact) mass is 218 g/mol. The average molecular weight is 219 g/mol. The summed E-state index contributed by atoms with van der Waals surface area (Å²) in [5.41, 5.74) is 0. The Bertz CT molecular complexity index is 209. The first-order valence-electron chi connectivity index (χ1n) is 4.79. The summed E-state index contributed by atoms with van der Waals surface area (Å²) in [5, 5.41) is 3.09. The van der Waals surface area contributed by atoms with Gasteiger partial charge in [0, 0.05) is 26.1 Å². The van der Waals surface area contributed by atoms with Crippen molar-refractivity contribution >= 4 is 23.3 Å². The minimum atomic E-state index is -0.367. The fourth-order valence-electron chi connectivity index (χ4n) is 1.58. The van der Waals surface area contributed by atoms with E-state index in [1.54, 1.807) is 11.8 Å². The lowest BCUT2D eigenvalue weighted by atomic mass is 10.1. The molecule has 0 aromatic heterocycles. The van der Waals surface area contributed by atoms with E-state index >= 15 is 0 Å². The number of hydrogen-bond acceptors (Lipinski definition) is 3. The molecule has 1 saturated heterocycles. The minimum Gasteiger partial charge on any atom is -0.330 e. The Kier molecular flexibility index (Phi) is 4.35. The summed E-state index contributed by atoms with van der Waals surface area (Å²) in [6.07, 6.45) is 0.437. The number of alkyl halides is 1. The van der Waals surface area contributed by atoms with Gasteiger partial charge in [0.15, 0.2) is 5.78 Å². The summed E-state index contributed by atoms with van der Waals surface area (Å²) < 4.78 is 0. The van der Waals surface area contributed by atoms with Gasteiger partial charge in [0.2, 0.25) is 5.91 Å². The van der Waals surface area contributed by atoms with E-state index in [1.807, 2.05) is 0 Å². The standard InChI is InChI=1S/C9H15ClN2O2/c1-2-9(14)12-4-3-11-6-7(12)8(13)5-10/h7,11H,2-6H2,1H3. The van der Waals surface area contributed by atoms with Gasteiger partial charge in [-0.15, -0.1) is 11.6 Å². The van der Waals surface area contributed by atoms with Crippen LogP contribution in [0, 0.1) is 0 Å². The molecule has 5 heteroatoms. The van der Waals surface area contributed by atoms with Crippen molar-refractivity contribution in [2.75, 3.05) is 25.5 Å². The number of carbonyl (C=O) groups excluding carboxylic acids is 2. The third-order valence-electron chi connectivity index (χ3n) is 2.37. The smallest absolute Gasteiger partial charge is 0.222 e. The number of rotatable bonds is 3. The normalized spacial score (nSPS) is 22.1. The first-order chi connectivity index (χ1) is 6.70. The van der Waals surface area contributed by atoms with Crippen LogP contribution in [-0.2, 0) is 9.59 Å². The first-order valence-corrected chi connectivity index (χ1v) is 5.33. The van der Waals surface area contributed by atoms with E-state index in [-0.39, 0.29) is 23.6 Å². The molecule has 0 spiro atoms. The Hall–Kier alpha value is -0.610. The van der Waals surface area contributed by atoms with Gasteiger partial charge in [-0.2, -0.15) is 0 Å². The summed E-state index contributed by atoms with van der Waals surface area (Å²) >= 11 is 5.48. The number of nitrogens with zero attached hydrogens (tertiary/aromatic N) is 1. The molecule has 4 nitrogen and oxygen atoms in total. The van der Waals surface area contributed by atoms with Crippen LogP contribution in [0.5, 0.6) is 0 Å². The van der Waals surface area contributed by atoms with E-state index in [0.717, 1.165) is 6.54 Å². The molecular formula is C9H15ClN2O2. The lowest BCUT2D eigenvalue weighted by molar-refractivity contribution is -0.139. The molecule has 1 atom stereocenters. The SMILES string of the molecule is CCC(=O)N1CCNCC1C(=O)CCl. The largest absolute Gasteiger partial charge is 0.330 e. The number of piperazine rings is 1. The van der Waals surface area contributed by atoms with Crippen molar-refractivity contribution in [1.82, 2.24) is 10.2 Å². The molecule has 80 valence electrons. The van der Waals surface area contributed by atoms with Crippen LogP contribution in [0.2, 0.25) is 0 Å². The molecule has 14 heavy (non-hydrogen) atoms. The van der Waals surface area contributed by atoms with Gasteiger partial charge in [0.25, 0.3) is 0 Å². The summed E-state index contributed by atoms with van der Waals surface area (Å²) in [6, 6.07) is -0.367. The summed E-state index contributed by atoms with van der Waals surface area (Å²) in [6.45, 7) is 3.67. The fraction of sp³-hybridized carbons (Fsp3) is 0.778. The summed E-state index contributed by atoms with van der Waals surface area (Å²) in [7, 11) is 0. The lowest BCUT2D eigenvalue weighted by Crippen LogP contribution is -2.57. The van der Waals surface area contributed by atoms with Gasteiger partial charge in [-0.1, -0.05) is 6.92 Å². The Morgan fingerprint density at radius 1 is 1.57 bits per heavy atom. The quantitative estimate of drug-likeness (QED) is 0.679. The number of halogens is 1. The van der Waals surface area contributed by atoms with Crippen LogP contribution in [0.25, 0.3) is 0 Å². The van der Waals surface area contributed by atoms with Gasteiger partial charge in [0.05, 0.1) is 5.88 Å². The highest BCUT2D eigenvalue weighted by Crippen LogP contribution is 2.07. The Labute approximate surface area is 88.6 Å². The van der Waals surface area contributed by atoms with E-state index in [2.05, 4.69) is 5.32 Å². The Morgan fingerprint density at radius 2 is 2.29 bits per heavy atom. The second-order valence-electron chi connectivity index (χ2n) is 3.26. The van der Waals surface area contributed by atoms with Crippen molar-refractivity contribution < 1.29 is 9.59 Å². The number of amides is 1. The molecule has 1 aliphatic rings. The maximum atomic E-state index is 11.5. The highest BCUT2D eigenvalue weighted by molar-refractivity contribution is 6.28. The van der Waals surface area contributed by atoms with E-state index in [4.69, 9.17) is 11.6 Å². The summed E-state index contributed by atoms with van der Waals surface area (Å²) in [5.74, 6) is -0.0875. The molecule has 0 aromatic rings. The number of hydrogen-bond donors (Lipinski definition) is 1. The van der Waals surface area contributed by atoms with Crippen LogP contribution in [0.3, 0.4) is 0 Å². The molecule has 1 rings (SSSR count). The molecule has 1 heterocycles. The number of ketones is 1. The maximum absolute atomic E-state index is 11.5. The third kappa shape index (κ3) is 2.45. The van der Waals surface area contributed by atoms with Crippen molar-refractivity contribution in [3.05, 3.63) is 0 Å². The maximum Gasteiger partial charge on any atom is 0.222 e. The third-order valence-corrected chi connectivity index (χ3v) is 2.63. The van der Waals surface area contributed by atoms with Crippen LogP contribution < -0.4 is 5.32 Å². The number of Topliss-reactive ketones (excluding diaryl/α,β-unsaturated/α-hetero) is 1. The fourth-order valence-corrected chi connectivity index (χ4v) is 1.76. The van der Waals surface area contributed by atoms with Gasteiger partial charge in [0.1, 0.15) is 6.04 Å². The molecule has 1 fully saturated rings. The van der Waals surface area contributed by atoms with Crippen molar-refractivity contribution in [3.63, 3.8) is 0 Å². The van der Waals surface area contributed by atoms with Crippen molar-refractivity contribution in [2.24, 2.45) is 0 Å². The predicted octanol–water partition coefficient (Wildman–Crippen LogP) is 0.00470. The highest BCUT2D eigenvalue weighted by atomic mass is 35.5. The molecular weight excluding hydrogens is 204 g/mol. The zero-order chi connectivity index (χ0) is 10.6. The van der Waals surface area contributed by atoms with Gasteiger partial charge in [-0.25, -0.2) is 0 Å². The molecule has 1 unspecified atom stereocenters. The number of nitrogens with one attached hydrogen (secondary N) is 1. The lowest BCUT2D eigenvalue weighted by Gasteiger charge is -2.34. The molecule has 1 N–H and O–H groups in total. The first kappa shape index (κ1) is 11.5. The Balaban J connectivity index is 2.68. The average Bonchev–Trinajstić information content (AvgIpc) is 2.27. The van der Waals surface area contributed by atoms with Crippen molar-refractivity contribution in [3.8, 4) is 0 Å². The van der Waals surface area contributed by atoms with Gasteiger partial charge in [-0.05, 0) is 0 Å². The van der Waals surface area contributed by atoms with Gasteiger partial charge >= 0.3 is 0 Å². The molecule has 0 aliphatic carbocycles. The van der Waals surface area contributed by atoms with Crippen LogP contribution >= 0.6 is 11.6 Å². The van der Waals surface area contributed by atoms with Crippen LogP contribution in [0.1, 0.15) is 13.3 Å². The van der Waals surface area contributed by atoms with Gasteiger partial charge < -0.3 is 10.2 Å². The summed E-state index contributed by atoms with van der Waals surface area (Å²) in [4.78, 5) is 24.6. The zero-order valence-electron chi connectivity index (χ0n) is 8.25. The van der Waals surface area contributed by atoms with Gasteiger partial charge in [-0.3, -0.25) is 9.59 Å². The van der Waals surface area contributed by atoms with Crippen LogP contribution in [0.4, 0.5) is 0 Å².